The molecular formula is C32H37F2N3O11. The van der Waals surface area contributed by atoms with Gasteiger partial charge in [-0.25, -0.2) is 14.4 Å². The van der Waals surface area contributed by atoms with Gasteiger partial charge in [-0.05, 0) is 58.1 Å². The number of aromatic nitrogens is 2. The van der Waals surface area contributed by atoms with Gasteiger partial charge in [-0.1, -0.05) is 18.2 Å². The van der Waals surface area contributed by atoms with E-state index in [-0.39, 0.29) is 30.7 Å². The molecular weight excluding hydrogens is 640 g/mol. The average Bonchev–Trinajstić information content (AvgIpc) is 3.32. The maximum atomic E-state index is 14.8. The highest BCUT2D eigenvalue weighted by molar-refractivity contribution is 5.90. The summed E-state index contributed by atoms with van der Waals surface area (Å²) in [6.07, 6.45) is 2.10. The molecule has 1 saturated carbocycles. The number of alkyl halides is 2. The number of carbonyl (C=O) groups is 4. The van der Waals surface area contributed by atoms with Crippen LogP contribution in [0.25, 0.3) is 0 Å². The van der Waals surface area contributed by atoms with E-state index in [2.05, 4.69) is 4.98 Å². The number of nitrogen functional groups attached to an aromatic ring is 1. The first-order valence-electron chi connectivity index (χ1n) is 15.3. The van der Waals surface area contributed by atoms with E-state index in [0.717, 1.165) is 12.3 Å². The predicted octanol–water partition coefficient (Wildman–Crippen LogP) is 2.06. The number of cyclic esters (lactones) is 1. The van der Waals surface area contributed by atoms with E-state index < -0.39 is 83.1 Å². The van der Waals surface area contributed by atoms with Crippen molar-refractivity contribution in [3.63, 3.8) is 0 Å². The number of nitrogens with two attached hydrogens (primary N) is 1. The van der Waals surface area contributed by atoms with Crippen molar-refractivity contribution in [2.75, 3.05) is 19.5 Å². The lowest BCUT2D eigenvalue weighted by atomic mass is 9.62. The fraction of sp³-hybridized carbons (Fsp3) is 0.562. The number of aliphatic hydroxyl groups excluding tert-OH is 1. The van der Waals surface area contributed by atoms with Crippen LogP contribution in [0.15, 0.2) is 52.5 Å². The smallest absolute Gasteiger partial charge is 0.351 e. The molecule has 0 aromatic carbocycles. The standard InChI is InChI=1S/C32H37F2N3O11/c1-17(24(40)45-16-20-23(39)32(33,34)26(46-20)37-15-10-22(35)36-28(37)43)6-5-11-29(3)21-9-13-30(27(42)48-29)12-7-19(25(41)44-4)8-14-31(21,30)47-18(2)38/h5-7,10-11,15,20-21,23,26,39H,8-9,12-14,16H2,1-4H3,(H2,35,36,43)/b11-5+,17-6+/t20-,21+,23?,26-,29-,30-,31+/m1/s1. The number of esters is 4. The van der Waals surface area contributed by atoms with Crippen molar-refractivity contribution in [2.24, 2.45) is 11.3 Å². The van der Waals surface area contributed by atoms with E-state index >= 15 is 0 Å². The summed E-state index contributed by atoms with van der Waals surface area (Å²) >= 11 is 0. The van der Waals surface area contributed by atoms with Crippen molar-refractivity contribution < 1.29 is 56.7 Å². The molecule has 7 atom stereocenters. The van der Waals surface area contributed by atoms with Gasteiger partial charge in [-0.2, -0.15) is 13.8 Å². The molecule has 2 bridgehead atoms. The maximum Gasteiger partial charge on any atom is 0.351 e. The summed E-state index contributed by atoms with van der Waals surface area (Å²) in [4.78, 5) is 66.8. The Bertz CT molecular complexity index is 1670. The summed E-state index contributed by atoms with van der Waals surface area (Å²) in [5.41, 5.74) is 0.968. The minimum atomic E-state index is -3.92. The first-order valence-corrected chi connectivity index (χ1v) is 15.3. The highest BCUT2D eigenvalue weighted by Gasteiger charge is 2.74. The molecule has 14 nitrogen and oxygen atoms in total. The summed E-state index contributed by atoms with van der Waals surface area (Å²) in [7, 11) is 1.26. The number of hydrogen-bond acceptors (Lipinski definition) is 13. The van der Waals surface area contributed by atoms with E-state index in [1.54, 1.807) is 19.1 Å². The van der Waals surface area contributed by atoms with Gasteiger partial charge in [-0.15, -0.1) is 0 Å². The summed E-state index contributed by atoms with van der Waals surface area (Å²) in [6, 6.07) is 1.12. The Morgan fingerprint density at radius 3 is 2.62 bits per heavy atom. The normalized spacial score (nSPS) is 34.1. The number of aliphatic hydroxyl groups is 1. The number of allylic oxidation sites excluding steroid dienone is 3. The summed E-state index contributed by atoms with van der Waals surface area (Å²) in [5.74, 6) is -7.20. The Labute approximate surface area is 273 Å². The lowest BCUT2D eigenvalue weighted by Crippen LogP contribution is -2.65. The minimum absolute atomic E-state index is 0.0311. The molecule has 1 aromatic rings. The number of halogens is 2. The molecule has 5 rings (SSSR count). The second kappa shape index (κ2) is 12.5. The van der Waals surface area contributed by atoms with Gasteiger partial charge < -0.3 is 34.5 Å². The molecule has 16 heteroatoms. The molecule has 4 aliphatic rings. The first kappa shape index (κ1) is 34.9. The van der Waals surface area contributed by atoms with E-state index in [9.17, 15) is 37.9 Å². The molecule has 260 valence electrons. The zero-order valence-corrected chi connectivity index (χ0v) is 26.8. The van der Waals surface area contributed by atoms with Gasteiger partial charge in [-0.3, -0.25) is 14.2 Å². The average molecular weight is 678 g/mol. The van der Waals surface area contributed by atoms with E-state index in [1.165, 1.54) is 33.1 Å². The van der Waals surface area contributed by atoms with Gasteiger partial charge in [0.25, 0.3) is 0 Å². The summed E-state index contributed by atoms with van der Waals surface area (Å²) < 4.78 is 57.4. The fourth-order valence-corrected chi connectivity index (χ4v) is 7.43. The number of rotatable bonds is 8. The van der Waals surface area contributed by atoms with Crippen molar-refractivity contribution in [2.45, 2.75) is 88.4 Å². The van der Waals surface area contributed by atoms with Crippen LogP contribution < -0.4 is 11.4 Å². The Morgan fingerprint density at radius 2 is 1.96 bits per heavy atom. The van der Waals surface area contributed by atoms with Crippen LogP contribution >= 0.6 is 0 Å². The molecule has 1 unspecified atom stereocenters. The SMILES string of the molecule is COC(=O)C1=CC[C@@]23CC[C@@H]([C@@](C)(/C=C/C=C(\C)C(=O)OC[C@H]4O[C@@H](n5ccc(N)nc5=O)C(F)(F)C4O)OC2=O)[C@@]3(OC(C)=O)CC1. The number of ether oxygens (including phenoxy) is 5. The molecule has 48 heavy (non-hydrogen) atoms. The third-order valence-corrected chi connectivity index (χ3v) is 9.82. The first-order chi connectivity index (χ1) is 22.5. The Morgan fingerprint density at radius 1 is 1.23 bits per heavy atom. The fourth-order valence-electron chi connectivity index (χ4n) is 7.43. The Hall–Kier alpha value is -4.44. The monoisotopic (exact) mass is 677 g/mol. The zero-order chi connectivity index (χ0) is 35.2. The summed E-state index contributed by atoms with van der Waals surface area (Å²) in [6.45, 7) is 3.57. The molecule has 3 heterocycles. The quantitative estimate of drug-likeness (QED) is 0.176. The van der Waals surface area contributed by atoms with Crippen molar-refractivity contribution in [3.8, 4) is 0 Å². The third-order valence-electron chi connectivity index (χ3n) is 9.82. The summed E-state index contributed by atoms with van der Waals surface area (Å²) in [5, 5.41) is 10.2. The highest BCUT2D eigenvalue weighted by atomic mass is 19.3. The number of anilines is 1. The van der Waals surface area contributed by atoms with Crippen LogP contribution in [0.3, 0.4) is 0 Å². The third kappa shape index (κ3) is 5.70. The Balaban J connectivity index is 1.30. The molecule has 0 amide bonds. The highest BCUT2D eigenvalue weighted by Crippen LogP contribution is 2.65. The van der Waals surface area contributed by atoms with Crippen LogP contribution in [-0.4, -0.2) is 81.6 Å². The zero-order valence-electron chi connectivity index (χ0n) is 26.8. The predicted molar refractivity (Wildman–Crippen MR) is 160 cm³/mol. The van der Waals surface area contributed by atoms with Crippen molar-refractivity contribution in [1.82, 2.24) is 9.55 Å². The van der Waals surface area contributed by atoms with Crippen LogP contribution in [0, 0.1) is 11.3 Å². The van der Waals surface area contributed by atoms with E-state index in [4.69, 9.17) is 29.4 Å². The molecule has 0 radical (unpaired) electrons. The van der Waals surface area contributed by atoms with Gasteiger partial charge in [0.2, 0.25) is 6.23 Å². The van der Waals surface area contributed by atoms with Gasteiger partial charge in [0.1, 0.15) is 35.1 Å². The number of methoxy groups -OCH3 is 1. The molecule has 2 aliphatic carbocycles. The van der Waals surface area contributed by atoms with Crippen molar-refractivity contribution in [1.29, 1.82) is 0 Å². The van der Waals surface area contributed by atoms with Crippen molar-refractivity contribution >= 4 is 29.7 Å². The number of nitrogens with zero attached hydrogens (tertiary/aromatic N) is 2. The topological polar surface area (TPSA) is 196 Å². The van der Waals surface area contributed by atoms with Crippen molar-refractivity contribution in [3.05, 3.63) is 58.2 Å². The van der Waals surface area contributed by atoms with Crippen LogP contribution in [-0.2, 0) is 42.9 Å². The Kier molecular flexibility index (Phi) is 9.11. The minimum Gasteiger partial charge on any atom is -0.466 e. The lowest BCUT2D eigenvalue weighted by molar-refractivity contribution is -0.235. The van der Waals surface area contributed by atoms with Gasteiger partial charge in [0.05, 0.1) is 7.11 Å². The van der Waals surface area contributed by atoms with Gasteiger partial charge in [0.15, 0.2) is 6.10 Å². The number of carbonyl (C=O) groups excluding carboxylic acids is 4. The molecule has 2 saturated heterocycles. The largest absolute Gasteiger partial charge is 0.466 e. The van der Waals surface area contributed by atoms with Crippen LogP contribution in [0.5, 0.6) is 0 Å². The second-order valence-electron chi connectivity index (χ2n) is 12.7. The maximum absolute atomic E-state index is 14.8. The van der Waals surface area contributed by atoms with Gasteiger partial charge >= 0.3 is 35.5 Å². The molecule has 3 N–H and O–H groups in total. The second-order valence-corrected chi connectivity index (χ2v) is 12.7. The van der Waals surface area contributed by atoms with Crippen LogP contribution in [0.4, 0.5) is 14.6 Å². The molecule has 1 aromatic heterocycles. The number of hydrogen-bond donors (Lipinski definition) is 2. The van der Waals surface area contributed by atoms with E-state index in [0.29, 0.717) is 23.0 Å². The van der Waals surface area contributed by atoms with Gasteiger partial charge in [0, 0.05) is 30.2 Å². The van der Waals surface area contributed by atoms with Crippen LogP contribution in [0.1, 0.15) is 59.1 Å². The molecule has 3 fully saturated rings. The molecule has 2 aliphatic heterocycles. The van der Waals surface area contributed by atoms with E-state index in [1.807, 2.05) is 0 Å². The van der Waals surface area contributed by atoms with Crippen LogP contribution in [0.2, 0.25) is 0 Å². The molecule has 0 spiro atoms. The lowest BCUT2D eigenvalue weighted by Gasteiger charge is -2.54.